The largest absolute Gasteiger partial charge is 0.465 e. The average Bonchev–Trinajstić information content (AvgIpc) is 3.13. The Bertz CT molecular complexity index is 434. The van der Waals surface area contributed by atoms with Crippen molar-refractivity contribution in [3.63, 3.8) is 0 Å². The van der Waals surface area contributed by atoms with Gasteiger partial charge in [0.15, 0.2) is 0 Å². The van der Waals surface area contributed by atoms with Gasteiger partial charge in [0, 0.05) is 25.6 Å². The second-order valence-electron chi connectivity index (χ2n) is 4.62. The number of amides is 1. The van der Waals surface area contributed by atoms with Crippen molar-refractivity contribution >= 4 is 12.0 Å². The lowest BCUT2D eigenvalue weighted by molar-refractivity contribution is -0.119. The molecule has 6 heteroatoms. The number of rotatable bonds is 7. The molecule has 110 valence electrons. The Morgan fingerprint density at radius 3 is 3.15 bits per heavy atom. The molecule has 1 fully saturated rings. The maximum atomic E-state index is 11.7. The number of furan rings is 1. The van der Waals surface area contributed by atoms with Crippen molar-refractivity contribution in [3.05, 3.63) is 30.2 Å². The summed E-state index contributed by atoms with van der Waals surface area (Å²) >= 11 is 0. The lowest BCUT2D eigenvalue weighted by Crippen LogP contribution is -2.45. The van der Waals surface area contributed by atoms with Crippen LogP contribution in [-0.4, -0.2) is 49.6 Å². The Labute approximate surface area is 117 Å². The van der Waals surface area contributed by atoms with Gasteiger partial charge in [0.25, 0.3) is 0 Å². The molecule has 2 heterocycles. The third kappa shape index (κ3) is 4.19. The predicted molar refractivity (Wildman–Crippen MR) is 72.0 cm³/mol. The third-order valence-electron chi connectivity index (χ3n) is 3.09. The van der Waals surface area contributed by atoms with Crippen LogP contribution in [0.4, 0.5) is 0 Å². The predicted octanol–water partition coefficient (Wildman–Crippen LogP) is 0.577. The monoisotopic (exact) mass is 281 g/mol. The molecule has 1 aliphatic rings. The van der Waals surface area contributed by atoms with Crippen LogP contribution in [0, 0.1) is 0 Å². The first kappa shape index (κ1) is 14.8. The molecular formula is C14H19NO5. The smallest absolute Gasteiger partial charge is 0.244 e. The van der Waals surface area contributed by atoms with E-state index in [1.165, 1.54) is 6.08 Å². The zero-order valence-electron chi connectivity index (χ0n) is 11.2. The number of hydrogen-bond donors (Lipinski definition) is 2. The minimum Gasteiger partial charge on any atom is -0.465 e. The number of ether oxygens (including phenoxy) is 2. The molecule has 0 bridgehead atoms. The fourth-order valence-corrected chi connectivity index (χ4v) is 2.01. The third-order valence-corrected chi connectivity index (χ3v) is 3.09. The Morgan fingerprint density at radius 2 is 2.50 bits per heavy atom. The van der Waals surface area contributed by atoms with E-state index in [0.29, 0.717) is 31.9 Å². The van der Waals surface area contributed by atoms with E-state index < -0.39 is 5.60 Å². The van der Waals surface area contributed by atoms with E-state index in [1.807, 2.05) is 0 Å². The number of hydrogen-bond acceptors (Lipinski definition) is 5. The number of aliphatic hydroxyl groups is 1. The first-order chi connectivity index (χ1) is 9.74. The molecule has 0 saturated carbocycles. The summed E-state index contributed by atoms with van der Waals surface area (Å²) in [6.07, 6.45) is 5.26. The summed E-state index contributed by atoms with van der Waals surface area (Å²) in [5.74, 6) is 0.399. The van der Waals surface area contributed by atoms with Gasteiger partial charge in [-0.2, -0.15) is 0 Å². The summed E-state index contributed by atoms with van der Waals surface area (Å²) in [6, 6.07) is 3.52. The number of aliphatic hydroxyl groups excluding tert-OH is 1. The van der Waals surface area contributed by atoms with Gasteiger partial charge >= 0.3 is 0 Å². The van der Waals surface area contributed by atoms with Crippen LogP contribution in [0.15, 0.2) is 28.9 Å². The Kier molecular flexibility index (Phi) is 5.34. The van der Waals surface area contributed by atoms with Gasteiger partial charge in [-0.25, -0.2) is 0 Å². The van der Waals surface area contributed by atoms with Crippen molar-refractivity contribution in [2.45, 2.75) is 12.0 Å². The molecule has 0 aliphatic carbocycles. The van der Waals surface area contributed by atoms with Gasteiger partial charge in [0.05, 0.1) is 26.1 Å². The summed E-state index contributed by atoms with van der Waals surface area (Å²) in [5, 5.41) is 11.6. The van der Waals surface area contributed by atoms with Crippen LogP contribution in [0.1, 0.15) is 12.2 Å². The molecule has 1 aromatic heterocycles. The molecule has 1 aromatic rings. The molecule has 1 atom stereocenters. The molecule has 1 amide bonds. The summed E-state index contributed by atoms with van der Waals surface area (Å²) < 4.78 is 16.0. The molecule has 0 aromatic carbocycles. The molecule has 20 heavy (non-hydrogen) atoms. The molecule has 0 spiro atoms. The van der Waals surface area contributed by atoms with Crippen LogP contribution in [-0.2, 0) is 14.3 Å². The molecule has 2 rings (SSSR count). The van der Waals surface area contributed by atoms with Crippen molar-refractivity contribution in [1.82, 2.24) is 5.32 Å². The first-order valence-electron chi connectivity index (χ1n) is 6.56. The minimum atomic E-state index is -0.531. The Morgan fingerprint density at radius 1 is 1.60 bits per heavy atom. The molecule has 1 saturated heterocycles. The fourth-order valence-electron chi connectivity index (χ4n) is 2.01. The molecule has 6 nitrogen and oxygen atoms in total. The minimum absolute atomic E-state index is 0.0475. The number of nitrogens with one attached hydrogen (secondary N) is 1. The van der Waals surface area contributed by atoms with Crippen molar-refractivity contribution in [2.24, 2.45) is 0 Å². The highest BCUT2D eigenvalue weighted by molar-refractivity contribution is 5.91. The zero-order chi connectivity index (χ0) is 14.3. The van der Waals surface area contributed by atoms with Crippen LogP contribution in [0.5, 0.6) is 0 Å². The summed E-state index contributed by atoms with van der Waals surface area (Å²) in [7, 11) is 0. The van der Waals surface area contributed by atoms with Gasteiger partial charge in [-0.1, -0.05) is 0 Å². The van der Waals surface area contributed by atoms with Gasteiger partial charge in [0.1, 0.15) is 11.4 Å². The first-order valence-corrected chi connectivity index (χ1v) is 6.56. The van der Waals surface area contributed by atoms with E-state index in [9.17, 15) is 4.79 Å². The second-order valence-corrected chi connectivity index (χ2v) is 4.62. The maximum Gasteiger partial charge on any atom is 0.244 e. The zero-order valence-corrected chi connectivity index (χ0v) is 11.2. The quantitative estimate of drug-likeness (QED) is 0.714. The molecule has 1 aliphatic heterocycles. The highest BCUT2D eigenvalue weighted by atomic mass is 16.6. The van der Waals surface area contributed by atoms with E-state index in [2.05, 4.69) is 5.32 Å². The highest BCUT2D eigenvalue weighted by Crippen LogP contribution is 2.22. The standard InChI is InChI=1S/C14H19NO5/c16-6-9-20-14(5-8-18-11-14)10-15-13(17)4-3-12-2-1-7-19-12/h1-4,7,16H,5-6,8-11H2,(H,15,17)/b4-3+. The fraction of sp³-hybridized carbons (Fsp3) is 0.500. The van der Waals surface area contributed by atoms with Gasteiger partial charge in [-0.05, 0) is 18.2 Å². The summed E-state index contributed by atoms with van der Waals surface area (Å²) in [5.41, 5.74) is -0.531. The number of carbonyl (C=O) groups excluding carboxylic acids is 1. The van der Waals surface area contributed by atoms with Crippen molar-refractivity contribution in [3.8, 4) is 0 Å². The Balaban J connectivity index is 1.81. The van der Waals surface area contributed by atoms with Gasteiger partial charge in [-0.15, -0.1) is 0 Å². The van der Waals surface area contributed by atoms with Crippen molar-refractivity contribution in [2.75, 3.05) is 33.0 Å². The van der Waals surface area contributed by atoms with E-state index >= 15 is 0 Å². The molecule has 2 N–H and O–H groups in total. The van der Waals surface area contributed by atoms with Gasteiger partial charge < -0.3 is 24.3 Å². The second kappa shape index (κ2) is 7.23. The van der Waals surface area contributed by atoms with Gasteiger partial charge in [-0.3, -0.25) is 4.79 Å². The lowest BCUT2D eigenvalue weighted by Gasteiger charge is -2.27. The SMILES string of the molecule is O=C(/C=C/c1ccco1)NCC1(OCCO)CCOC1. The molecule has 0 radical (unpaired) electrons. The number of carbonyl (C=O) groups is 1. The topological polar surface area (TPSA) is 80.9 Å². The van der Waals surface area contributed by atoms with Crippen molar-refractivity contribution < 1.29 is 23.8 Å². The van der Waals surface area contributed by atoms with Crippen LogP contribution in [0.25, 0.3) is 6.08 Å². The van der Waals surface area contributed by atoms with Crippen LogP contribution in [0.2, 0.25) is 0 Å². The summed E-state index contributed by atoms with van der Waals surface area (Å²) in [6.45, 7) is 1.57. The Hall–Kier alpha value is -1.63. The lowest BCUT2D eigenvalue weighted by atomic mass is 10.0. The van der Waals surface area contributed by atoms with Crippen LogP contribution in [0.3, 0.4) is 0 Å². The highest BCUT2D eigenvalue weighted by Gasteiger charge is 2.36. The van der Waals surface area contributed by atoms with Crippen molar-refractivity contribution in [1.29, 1.82) is 0 Å². The van der Waals surface area contributed by atoms with Crippen LogP contribution < -0.4 is 5.32 Å². The van der Waals surface area contributed by atoms with Crippen LogP contribution >= 0.6 is 0 Å². The van der Waals surface area contributed by atoms with E-state index in [1.54, 1.807) is 24.5 Å². The normalized spacial score (nSPS) is 22.4. The van der Waals surface area contributed by atoms with E-state index in [0.717, 1.165) is 0 Å². The van der Waals surface area contributed by atoms with Gasteiger partial charge in [0.2, 0.25) is 5.91 Å². The molecular weight excluding hydrogens is 262 g/mol. The average molecular weight is 281 g/mol. The van der Waals surface area contributed by atoms with E-state index in [-0.39, 0.29) is 19.1 Å². The van der Waals surface area contributed by atoms with E-state index in [4.69, 9.17) is 19.0 Å². The maximum absolute atomic E-state index is 11.7. The summed E-state index contributed by atoms with van der Waals surface area (Å²) in [4.78, 5) is 11.7. The molecule has 1 unspecified atom stereocenters.